The highest BCUT2D eigenvalue weighted by Crippen LogP contribution is 2.47. The molecule has 0 bridgehead atoms. The lowest BCUT2D eigenvalue weighted by atomic mass is 9.91. The van der Waals surface area contributed by atoms with Crippen LogP contribution in [0.15, 0.2) is 73.3 Å². The average Bonchev–Trinajstić information content (AvgIpc) is 2.91. The molecule has 0 spiro atoms. The van der Waals surface area contributed by atoms with Crippen molar-refractivity contribution in [1.29, 1.82) is 0 Å². The maximum absolute atomic E-state index is 7.02. The summed E-state index contributed by atoms with van der Waals surface area (Å²) in [6.45, 7) is 11.0. The Balaban J connectivity index is 2.22. The third-order valence-corrected chi connectivity index (χ3v) is 10.7. The minimum atomic E-state index is -2.29. The highest BCUT2D eigenvalue weighted by atomic mass is 28.4. The summed E-state index contributed by atoms with van der Waals surface area (Å²) < 4.78 is 7.02. The van der Waals surface area contributed by atoms with Crippen LogP contribution in [0.5, 0.6) is 0 Å². The van der Waals surface area contributed by atoms with Crippen molar-refractivity contribution in [2.45, 2.75) is 38.8 Å². The van der Waals surface area contributed by atoms with Crippen molar-refractivity contribution in [3.8, 4) is 0 Å². The van der Waals surface area contributed by atoms with E-state index < -0.39 is 8.32 Å². The van der Waals surface area contributed by atoms with E-state index in [0.29, 0.717) is 17.4 Å². The van der Waals surface area contributed by atoms with Crippen LogP contribution in [0.1, 0.15) is 27.2 Å². The molecule has 0 saturated carbocycles. The molecule has 1 saturated heterocycles. The van der Waals surface area contributed by atoms with Crippen molar-refractivity contribution < 1.29 is 4.43 Å². The van der Waals surface area contributed by atoms with Crippen molar-refractivity contribution in [3.63, 3.8) is 0 Å². The zero-order valence-electron chi connectivity index (χ0n) is 15.0. The molecule has 0 N–H and O–H groups in total. The fraction of sp³-hybridized carbons (Fsp3) is 0.364. The Morgan fingerprint density at radius 2 is 1.50 bits per heavy atom. The Labute approximate surface area is 147 Å². The van der Waals surface area contributed by atoms with E-state index in [4.69, 9.17) is 4.43 Å². The summed E-state index contributed by atoms with van der Waals surface area (Å²) in [4.78, 5) is 0. The van der Waals surface area contributed by atoms with Gasteiger partial charge in [-0.1, -0.05) is 87.5 Å². The van der Waals surface area contributed by atoms with E-state index in [2.05, 4.69) is 88.0 Å². The first-order valence-electron chi connectivity index (χ1n) is 9.01. The SMILES string of the molecule is C=CC[C@H]1O[Si](c2ccccc2)(c2ccccc2)[C@H](C(C)C)[C@H]1C. The predicted molar refractivity (Wildman–Crippen MR) is 105 cm³/mol. The van der Waals surface area contributed by atoms with Gasteiger partial charge in [0, 0.05) is 0 Å². The Morgan fingerprint density at radius 3 is 1.92 bits per heavy atom. The molecule has 3 atom stereocenters. The molecular weight excluding hydrogens is 308 g/mol. The van der Waals surface area contributed by atoms with Gasteiger partial charge in [0.05, 0.1) is 6.10 Å². The third-order valence-electron chi connectivity index (χ3n) is 5.48. The van der Waals surface area contributed by atoms with Crippen molar-refractivity contribution in [2.75, 3.05) is 0 Å². The van der Waals surface area contributed by atoms with Gasteiger partial charge in [-0.2, -0.15) is 0 Å². The standard InChI is InChI=1S/C22H28OSi/c1-5-12-21-18(4)22(17(2)3)24(23-21,19-13-8-6-9-14-19)20-15-10-7-11-16-20/h5-11,13-18,21-22H,1,12H2,2-4H3/t18-,21+,22+/m0/s1. The van der Waals surface area contributed by atoms with Crippen molar-refractivity contribution in [3.05, 3.63) is 73.3 Å². The Hall–Kier alpha value is -1.64. The molecule has 126 valence electrons. The first kappa shape index (κ1) is 17.2. The zero-order chi connectivity index (χ0) is 17.2. The van der Waals surface area contributed by atoms with Gasteiger partial charge in [-0.05, 0) is 34.2 Å². The van der Waals surface area contributed by atoms with Crippen LogP contribution >= 0.6 is 0 Å². The lowest BCUT2D eigenvalue weighted by Gasteiger charge is -2.36. The van der Waals surface area contributed by atoms with E-state index in [-0.39, 0.29) is 6.10 Å². The summed E-state index contributed by atoms with van der Waals surface area (Å²) in [5.74, 6) is 1.12. The van der Waals surface area contributed by atoms with E-state index in [1.807, 2.05) is 6.08 Å². The molecule has 2 aromatic rings. The van der Waals surface area contributed by atoms with Gasteiger partial charge >= 0.3 is 0 Å². The largest absolute Gasteiger partial charge is 0.404 e. The van der Waals surface area contributed by atoms with Crippen molar-refractivity contribution in [2.24, 2.45) is 11.8 Å². The van der Waals surface area contributed by atoms with Gasteiger partial charge in [0.1, 0.15) is 0 Å². The average molecular weight is 337 g/mol. The van der Waals surface area contributed by atoms with E-state index in [1.54, 1.807) is 0 Å². The fourth-order valence-electron chi connectivity index (χ4n) is 4.59. The first-order chi connectivity index (χ1) is 11.6. The molecular formula is C22H28OSi. The maximum Gasteiger partial charge on any atom is 0.259 e. The van der Waals surface area contributed by atoms with Crippen LogP contribution in [-0.4, -0.2) is 14.4 Å². The topological polar surface area (TPSA) is 9.23 Å². The number of benzene rings is 2. The Bertz CT molecular complexity index is 625. The second kappa shape index (κ2) is 7.08. The summed E-state index contributed by atoms with van der Waals surface area (Å²) >= 11 is 0. The van der Waals surface area contributed by atoms with Gasteiger partial charge in [-0.25, -0.2) is 0 Å². The number of hydrogen-bond donors (Lipinski definition) is 0. The third kappa shape index (κ3) is 2.78. The van der Waals surface area contributed by atoms with E-state index >= 15 is 0 Å². The number of hydrogen-bond acceptors (Lipinski definition) is 1. The molecule has 1 aliphatic rings. The molecule has 0 aromatic heterocycles. The minimum absolute atomic E-state index is 0.266. The van der Waals surface area contributed by atoms with Crippen LogP contribution in [-0.2, 0) is 4.43 Å². The van der Waals surface area contributed by atoms with Crippen LogP contribution in [0.4, 0.5) is 0 Å². The first-order valence-corrected chi connectivity index (χ1v) is 11.0. The molecule has 0 unspecified atom stereocenters. The molecule has 1 heterocycles. The van der Waals surface area contributed by atoms with Gasteiger partial charge in [0.15, 0.2) is 0 Å². The Kier molecular flexibility index (Phi) is 5.07. The lowest BCUT2D eigenvalue weighted by Crippen LogP contribution is -2.62. The Morgan fingerprint density at radius 1 is 1.00 bits per heavy atom. The van der Waals surface area contributed by atoms with E-state index in [9.17, 15) is 0 Å². The maximum atomic E-state index is 7.02. The van der Waals surface area contributed by atoms with Gasteiger partial charge in [0.2, 0.25) is 0 Å². The summed E-state index contributed by atoms with van der Waals surface area (Å²) in [5, 5.41) is 2.79. The summed E-state index contributed by atoms with van der Waals surface area (Å²) in [6.07, 6.45) is 3.21. The molecule has 24 heavy (non-hydrogen) atoms. The molecule has 0 amide bonds. The molecule has 2 heteroatoms. The van der Waals surface area contributed by atoms with Crippen LogP contribution in [0.25, 0.3) is 0 Å². The molecule has 0 aliphatic carbocycles. The van der Waals surface area contributed by atoms with E-state index in [0.717, 1.165) is 6.42 Å². The van der Waals surface area contributed by atoms with Crippen molar-refractivity contribution >= 4 is 18.7 Å². The molecule has 0 radical (unpaired) electrons. The predicted octanol–water partition coefficient (Wildman–Crippen LogP) is 4.38. The summed E-state index contributed by atoms with van der Waals surface area (Å²) in [5.41, 5.74) is 0.562. The fourth-order valence-corrected chi connectivity index (χ4v) is 10.2. The monoisotopic (exact) mass is 336 g/mol. The molecule has 2 aromatic carbocycles. The van der Waals surface area contributed by atoms with E-state index in [1.165, 1.54) is 10.4 Å². The quantitative estimate of drug-likeness (QED) is 0.581. The van der Waals surface area contributed by atoms with Crippen LogP contribution in [0.2, 0.25) is 5.54 Å². The molecule has 1 fully saturated rings. The molecule has 1 aliphatic heterocycles. The van der Waals surface area contributed by atoms with Crippen LogP contribution in [0, 0.1) is 11.8 Å². The zero-order valence-corrected chi connectivity index (χ0v) is 16.0. The smallest absolute Gasteiger partial charge is 0.259 e. The second-order valence-electron chi connectivity index (χ2n) is 7.28. The lowest BCUT2D eigenvalue weighted by molar-refractivity contribution is 0.185. The molecule has 1 nitrogen and oxygen atoms in total. The number of rotatable bonds is 5. The van der Waals surface area contributed by atoms with Gasteiger partial charge < -0.3 is 4.43 Å². The summed E-state index contributed by atoms with van der Waals surface area (Å²) in [7, 11) is -2.29. The highest BCUT2D eigenvalue weighted by Gasteiger charge is 2.58. The van der Waals surface area contributed by atoms with Gasteiger partial charge in [0.25, 0.3) is 8.32 Å². The van der Waals surface area contributed by atoms with Gasteiger partial charge in [-0.3, -0.25) is 0 Å². The minimum Gasteiger partial charge on any atom is -0.404 e. The van der Waals surface area contributed by atoms with Crippen LogP contribution in [0.3, 0.4) is 0 Å². The normalized spacial score (nSPS) is 25.8. The summed E-state index contributed by atoms with van der Waals surface area (Å²) in [6, 6.07) is 21.9. The van der Waals surface area contributed by atoms with Gasteiger partial charge in [-0.15, -0.1) is 6.58 Å². The van der Waals surface area contributed by atoms with Crippen LogP contribution < -0.4 is 10.4 Å². The highest BCUT2D eigenvalue weighted by molar-refractivity contribution is 6.99. The second-order valence-corrected chi connectivity index (χ2v) is 10.8. The molecule has 3 rings (SSSR count). The van der Waals surface area contributed by atoms with Crippen molar-refractivity contribution in [1.82, 2.24) is 0 Å².